The molecule has 0 atom stereocenters. The number of hydrogen-bond donors (Lipinski definition) is 2. The van der Waals surface area contributed by atoms with E-state index in [9.17, 15) is 4.79 Å². The fourth-order valence-electron chi connectivity index (χ4n) is 1.32. The molecule has 17 heavy (non-hydrogen) atoms. The largest absolute Gasteiger partial charge is 0.337 e. The summed E-state index contributed by atoms with van der Waals surface area (Å²) < 4.78 is 0. The van der Waals surface area contributed by atoms with Gasteiger partial charge in [-0.25, -0.2) is 4.79 Å². The van der Waals surface area contributed by atoms with E-state index in [2.05, 4.69) is 15.6 Å². The molecule has 5 nitrogen and oxygen atoms in total. The molecule has 0 aromatic carbocycles. The lowest BCUT2D eigenvalue weighted by Gasteiger charge is -2.12. The Morgan fingerprint density at radius 1 is 1.24 bits per heavy atom. The molecule has 1 rings (SSSR count). The Kier molecular flexibility index (Phi) is 6.03. The quantitative estimate of drug-likeness (QED) is 0.707. The smallest absolute Gasteiger partial charge is 0.316 e. The predicted octanol–water partition coefficient (Wildman–Crippen LogP) is 0.485. The first-order valence-corrected chi connectivity index (χ1v) is 5.75. The van der Waals surface area contributed by atoms with Gasteiger partial charge in [-0.05, 0) is 30.7 Å². The first-order valence-electron chi connectivity index (χ1n) is 5.75. The van der Waals surface area contributed by atoms with Gasteiger partial charge in [0.05, 0.1) is 0 Å². The van der Waals surface area contributed by atoms with E-state index in [1.807, 2.05) is 12.1 Å². The Bertz CT molecular complexity index is 327. The second-order valence-corrected chi connectivity index (χ2v) is 3.98. The number of nitrogens with zero attached hydrogens (tertiary/aromatic N) is 2. The Hall–Kier alpha value is -1.62. The number of rotatable bonds is 6. The number of aromatic nitrogens is 1. The number of pyridine rings is 1. The molecule has 0 saturated heterocycles. The van der Waals surface area contributed by atoms with Gasteiger partial charge in [-0.3, -0.25) is 4.98 Å². The third-order valence-corrected chi connectivity index (χ3v) is 2.32. The maximum absolute atomic E-state index is 11.2. The molecular formula is C12H20N4O. The second kappa shape index (κ2) is 7.62. The molecule has 94 valence electrons. The van der Waals surface area contributed by atoms with Crippen LogP contribution in [0.5, 0.6) is 0 Å². The summed E-state index contributed by atoms with van der Waals surface area (Å²) in [4.78, 5) is 16.7. The number of carbonyl (C=O) groups excluding carboxylic acids is 1. The van der Waals surface area contributed by atoms with Gasteiger partial charge in [0.1, 0.15) is 0 Å². The minimum Gasteiger partial charge on any atom is -0.337 e. The fraction of sp³-hybridized carbons (Fsp3) is 0.500. The minimum absolute atomic E-state index is 0.0547. The average molecular weight is 236 g/mol. The van der Waals surface area contributed by atoms with E-state index in [-0.39, 0.29) is 6.03 Å². The molecule has 0 unspecified atom stereocenters. The summed E-state index contributed by atoms with van der Waals surface area (Å²) in [5.74, 6) is 0. The summed E-state index contributed by atoms with van der Waals surface area (Å²) in [6.07, 6.45) is 4.57. The van der Waals surface area contributed by atoms with Crippen LogP contribution in [0.15, 0.2) is 24.5 Å². The first kappa shape index (κ1) is 13.4. The van der Waals surface area contributed by atoms with E-state index in [1.165, 1.54) is 10.5 Å². The zero-order valence-corrected chi connectivity index (χ0v) is 10.4. The lowest BCUT2D eigenvalue weighted by Crippen LogP contribution is -2.38. The number of amides is 2. The summed E-state index contributed by atoms with van der Waals surface area (Å²) in [6.45, 7) is 2.33. The average Bonchev–Trinajstić information content (AvgIpc) is 2.34. The van der Waals surface area contributed by atoms with E-state index in [0.29, 0.717) is 6.54 Å². The number of nitrogens with one attached hydrogen (secondary N) is 2. The third kappa shape index (κ3) is 5.87. The molecule has 1 aromatic heterocycles. The van der Waals surface area contributed by atoms with Gasteiger partial charge in [-0.2, -0.15) is 0 Å². The molecule has 0 spiro atoms. The second-order valence-electron chi connectivity index (χ2n) is 3.98. The Balaban J connectivity index is 2.00. The van der Waals surface area contributed by atoms with Crippen molar-refractivity contribution in [1.29, 1.82) is 0 Å². The van der Waals surface area contributed by atoms with Crippen LogP contribution in [0.2, 0.25) is 0 Å². The summed E-state index contributed by atoms with van der Waals surface area (Å²) in [5, 5.41) is 6.07. The standard InChI is InChI=1S/C12H20N4O/c1-16(2)12(17)15-10-9-14-8-5-11-3-6-13-7-4-11/h3-4,6-7,14H,5,8-10H2,1-2H3,(H,15,17). The van der Waals surface area contributed by atoms with Crippen LogP contribution in [-0.2, 0) is 6.42 Å². The van der Waals surface area contributed by atoms with E-state index in [4.69, 9.17) is 0 Å². The van der Waals surface area contributed by atoms with Gasteiger partial charge in [0.2, 0.25) is 0 Å². The van der Waals surface area contributed by atoms with Crippen LogP contribution < -0.4 is 10.6 Å². The molecule has 0 aliphatic heterocycles. The highest BCUT2D eigenvalue weighted by atomic mass is 16.2. The molecule has 0 saturated carbocycles. The summed E-state index contributed by atoms with van der Waals surface area (Å²) in [6, 6.07) is 3.96. The third-order valence-electron chi connectivity index (χ3n) is 2.32. The van der Waals surface area contributed by atoms with Crippen LogP contribution in [0.3, 0.4) is 0 Å². The highest BCUT2D eigenvalue weighted by Gasteiger charge is 2.00. The summed E-state index contributed by atoms with van der Waals surface area (Å²) in [7, 11) is 3.46. The monoisotopic (exact) mass is 236 g/mol. The molecular weight excluding hydrogens is 216 g/mol. The molecule has 0 radical (unpaired) electrons. The van der Waals surface area contributed by atoms with Crippen LogP contribution in [0, 0.1) is 0 Å². The van der Waals surface area contributed by atoms with Gasteiger partial charge >= 0.3 is 6.03 Å². The van der Waals surface area contributed by atoms with Crippen molar-refractivity contribution in [2.75, 3.05) is 33.7 Å². The van der Waals surface area contributed by atoms with Crippen molar-refractivity contribution >= 4 is 6.03 Å². The number of urea groups is 1. The Morgan fingerprint density at radius 2 is 1.94 bits per heavy atom. The SMILES string of the molecule is CN(C)C(=O)NCCNCCc1ccncc1. The number of carbonyl (C=O) groups is 1. The molecule has 0 fully saturated rings. The van der Waals surface area contributed by atoms with Crippen molar-refractivity contribution in [3.63, 3.8) is 0 Å². The van der Waals surface area contributed by atoms with Crippen LogP contribution in [-0.4, -0.2) is 49.6 Å². The molecule has 1 heterocycles. The van der Waals surface area contributed by atoms with Gasteiger partial charge in [-0.15, -0.1) is 0 Å². The zero-order valence-electron chi connectivity index (χ0n) is 10.4. The Morgan fingerprint density at radius 3 is 2.59 bits per heavy atom. The molecule has 0 bridgehead atoms. The van der Waals surface area contributed by atoms with E-state index >= 15 is 0 Å². The van der Waals surface area contributed by atoms with Crippen LogP contribution >= 0.6 is 0 Å². The van der Waals surface area contributed by atoms with Crippen molar-refractivity contribution in [3.05, 3.63) is 30.1 Å². The normalized spacial score (nSPS) is 10.0. The fourth-order valence-corrected chi connectivity index (χ4v) is 1.32. The maximum atomic E-state index is 11.2. The highest BCUT2D eigenvalue weighted by Crippen LogP contribution is 1.95. The lowest BCUT2D eigenvalue weighted by molar-refractivity contribution is 0.217. The van der Waals surface area contributed by atoms with Crippen molar-refractivity contribution in [3.8, 4) is 0 Å². The molecule has 0 aliphatic rings. The molecule has 2 N–H and O–H groups in total. The van der Waals surface area contributed by atoms with Crippen LogP contribution in [0.4, 0.5) is 4.79 Å². The Labute approximate surface area is 102 Å². The lowest BCUT2D eigenvalue weighted by atomic mass is 10.2. The van der Waals surface area contributed by atoms with Crippen LogP contribution in [0.25, 0.3) is 0 Å². The number of hydrogen-bond acceptors (Lipinski definition) is 3. The van der Waals surface area contributed by atoms with Gasteiger partial charge in [-0.1, -0.05) is 0 Å². The van der Waals surface area contributed by atoms with E-state index in [0.717, 1.165) is 19.5 Å². The summed E-state index contributed by atoms with van der Waals surface area (Å²) >= 11 is 0. The van der Waals surface area contributed by atoms with Crippen molar-refractivity contribution in [2.24, 2.45) is 0 Å². The summed E-state index contributed by atoms with van der Waals surface area (Å²) in [5.41, 5.74) is 1.27. The highest BCUT2D eigenvalue weighted by molar-refractivity contribution is 5.73. The van der Waals surface area contributed by atoms with Gasteiger partial charge < -0.3 is 15.5 Å². The molecule has 5 heteroatoms. The minimum atomic E-state index is -0.0547. The van der Waals surface area contributed by atoms with Crippen molar-refractivity contribution < 1.29 is 4.79 Å². The van der Waals surface area contributed by atoms with Gasteiger partial charge in [0.15, 0.2) is 0 Å². The van der Waals surface area contributed by atoms with E-state index in [1.54, 1.807) is 26.5 Å². The van der Waals surface area contributed by atoms with Gasteiger partial charge in [0, 0.05) is 39.6 Å². The zero-order chi connectivity index (χ0) is 12.5. The van der Waals surface area contributed by atoms with Crippen molar-refractivity contribution in [2.45, 2.75) is 6.42 Å². The molecule has 1 aromatic rings. The maximum Gasteiger partial charge on any atom is 0.316 e. The molecule has 2 amide bonds. The predicted molar refractivity (Wildman–Crippen MR) is 67.9 cm³/mol. The van der Waals surface area contributed by atoms with Crippen LogP contribution in [0.1, 0.15) is 5.56 Å². The topological polar surface area (TPSA) is 57.3 Å². The first-order chi connectivity index (χ1) is 8.20. The van der Waals surface area contributed by atoms with E-state index < -0.39 is 0 Å². The van der Waals surface area contributed by atoms with Gasteiger partial charge in [0.25, 0.3) is 0 Å². The molecule has 0 aliphatic carbocycles. The van der Waals surface area contributed by atoms with Crippen molar-refractivity contribution in [1.82, 2.24) is 20.5 Å².